The molecule has 0 saturated heterocycles. The van der Waals surface area contributed by atoms with Gasteiger partial charge in [-0.25, -0.2) is 12.8 Å². The Morgan fingerprint density at radius 3 is 2.50 bits per heavy atom. The van der Waals surface area contributed by atoms with E-state index in [0.29, 0.717) is 6.42 Å². The molecule has 0 spiro atoms. The molecule has 18 heavy (non-hydrogen) atoms. The van der Waals surface area contributed by atoms with Gasteiger partial charge in [-0.2, -0.15) is 5.10 Å². The van der Waals surface area contributed by atoms with Crippen LogP contribution >= 0.6 is 0 Å². The second-order valence-electron chi connectivity index (χ2n) is 4.05. The Bertz CT molecular complexity index is 632. The van der Waals surface area contributed by atoms with Gasteiger partial charge in [0.15, 0.2) is 9.84 Å². The van der Waals surface area contributed by atoms with Crippen molar-refractivity contribution in [2.45, 2.75) is 11.3 Å². The summed E-state index contributed by atoms with van der Waals surface area (Å²) in [5.74, 6) is -0.453. The molecule has 96 valence electrons. The zero-order chi connectivity index (χ0) is 13.2. The molecule has 0 unspecified atom stereocenters. The highest BCUT2D eigenvalue weighted by Crippen LogP contribution is 2.13. The first-order chi connectivity index (χ1) is 8.47. The van der Waals surface area contributed by atoms with Gasteiger partial charge in [0.25, 0.3) is 0 Å². The van der Waals surface area contributed by atoms with Crippen LogP contribution in [0.2, 0.25) is 0 Å². The summed E-state index contributed by atoms with van der Waals surface area (Å²) >= 11 is 0. The molecule has 0 radical (unpaired) electrons. The van der Waals surface area contributed by atoms with E-state index in [1.54, 1.807) is 24.1 Å². The molecule has 0 fully saturated rings. The fourth-order valence-electron chi connectivity index (χ4n) is 1.61. The van der Waals surface area contributed by atoms with Crippen molar-refractivity contribution in [1.82, 2.24) is 9.78 Å². The summed E-state index contributed by atoms with van der Waals surface area (Å²) in [5, 5.41) is 3.97. The highest BCUT2D eigenvalue weighted by molar-refractivity contribution is 7.91. The Balaban J connectivity index is 2.10. The van der Waals surface area contributed by atoms with Gasteiger partial charge >= 0.3 is 0 Å². The number of hydrogen-bond acceptors (Lipinski definition) is 3. The Labute approximate surface area is 105 Å². The molecule has 0 aliphatic carbocycles. The van der Waals surface area contributed by atoms with Crippen LogP contribution in [0, 0.1) is 5.82 Å². The number of hydrogen-bond donors (Lipinski definition) is 0. The third-order valence-corrected chi connectivity index (χ3v) is 4.32. The summed E-state index contributed by atoms with van der Waals surface area (Å²) < 4.78 is 38.3. The Morgan fingerprint density at radius 1 is 1.28 bits per heavy atom. The number of sulfone groups is 1. The molecule has 4 nitrogen and oxygen atoms in total. The highest BCUT2D eigenvalue weighted by Gasteiger charge is 2.14. The highest BCUT2D eigenvalue weighted by atomic mass is 32.2. The predicted molar refractivity (Wildman–Crippen MR) is 65.4 cm³/mol. The monoisotopic (exact) mass is 268 g/mol. The van der Waals surface area contributed by atoms with Crippen LogP contribution in [0.25, 0.3) is 0 Å². The van der Waals surface area contributed by atoms with Crippen molar-refractivity contribution in [3.63, 3.8) is 0 Å². The average Bonchev–Trinajstić information content (AvgIpc) is 2.73. The minimum absolute atomic E-state index is 0.00960. The van der Waals surface area contributed by atoms with E-state index in [1.807, 2.05) is 0 Å². The molecular weight excluding hydrogens is 255 g/mol. The lowest BCUT2D eigenvalue weighted by atomic mass is 10.3. The first kappa shape index (κ1) is 12.8. The predicted octanol–water partition coefficient (Wildman–Crippen LogP) is 1.58. The first-order valence-corrected chi connectivity index (χ1v) is 7.08. The molecule has 0 N–H and O–H groups in total. The normalized spacial score (nSPS) is 11.7. The van der Waals surface area contributed by atoms with E-state index in [-0.39, 0.29) is 10.6 Å². The SMILES string of the molecule is Cn1cc(CCS(=O)(=O)c2ccc(F)cc2)cn1. The minimum atomic E-state index is -3.37. The van der Waals surface area contributed by atoms with Crippen molar-refractivity contribution in [1.29, 1.82) is 0 Å². The summed E-state index contributed by atoms with van der Waals surface area (Å²) in [6.07, 6.45) is 3.81. The van der Waals surface area contributed by atoms with Crippen molar-refractivity contribution in [3.05, 3.63) is 48.0 Å². The Morgan fingerprint density at radius 2 is 1.94 bits per heavy atom. The van der Waals surface area contributed by atoms with Crippen molar-refractivity contribution in [2.24, 2.45) is 7.05 Å². The van der Waals surface area contributed by atoms with Crippen molar-refractivity contribution >= 4 is 9.84 Å². The zero-order valence-electron chi connectivity index (χ0n) is 9.88. The van der Waals surface area contributed by atoms with Gasteiger partial charge in [0.1, 0.15) is 5.82 Å². The van der Waals surface area contributed by atoms with Gasteiger partial charge in [-0.15, -0.1) is 0 Å². The van der Waals surface area contributed by atoms with Crippen LogP contribution in [0.15, 0.2) is 41.6 Å². The third kappa shape index (κ3) is 2.95. The van der Waals surface area contributed by atoms with Gasteiger partial charge in [0.2, 0.25) is 0 Å². The second kappa shape index (κ2) is 4.89. The molecule has 0 saturated carbocycles. The van der Waals surface area contributed by atoms with Crippen molar-refractivity contribution < 1.29 is 12.8 Å². The van der Waals surface area contributed by atoms with E-state index in [4.69, 9.17) is 0 Å². The van der Waals surface area contributed by atoms with Gasteiger partial charge < -0.3 is 0 Å². The Kier molecular flexibility index (Phi) is 3.47. The molecule has 0 bridgehead atoms. The van der Waals surface area contributed by atoms with E-state index in [0.717, 1.165) is 17.7 Å². The van der Waals surface area contributed by atoms with Crippen LogP contribution in [0.4, 0.5) is 4.39 Å². The summed E-state index contributed by atoms with van der Waals surface area (Å²) in [5.41, 5.74) is 0.864. The lowest BCUT2D eigenvalue weighted by Crippen LogP contribution is -2.09. The van der Waals surface area contributed by atoms with Gasteiger partial charge in [-0.05, 0) is 36.2 Å². The standard InChI is InChI=1S/C12H13FN2O2S/c1-15-9-10(8-14-15)6-7-18(16,17)12-4-2-11(13)3-5-12/h2-5,8-9H,6-7H2,1H3. The fraction of sp³-hybridized carbons (Fsp3) is 0.250. The lowest BCUT2D eigenvalue weighted by Gasteiger charge is -2.03. The summed E-state index contributed by atoms with van der Waals surface area (Å²) in [4.78, 5) is 0.146. The molecule has 2 aromatic rings. The third-order valence-electron chi connectivity index (χ3n) is 2.59. The molecule has 1 heterocycles. The molecule has 2 rings (SSSR count). The fourth-order valence-corrected chi connectivity index (χ4v) is 2.90. The minimum Gasteiger partial charge on any atom is -0.276 e. The van der Waals surface area contributed by atoms with Crippen molar-refractivity contribution in [2.75, 3.05) is 5.75 Å². The van der Waals surface area contributed by atoms with Crippen LogP contribution in [0.1, 0.15) is 5.56 Å². The number of aryl methyl sites for hydroxylation is 2. The summed E-state index contributed by atoms with van der Waals surface area (Å²) in [6.45, 7) is 0. The maximum Gasteiger partial charge on any atom is 0.178 e. The van der Waals surface area contributed by atoms with Gasteiger partial charge in [0, 0.05) is 13.2 Å². The van der Waals surface area contributed by atoms with E-state index in [2.05, 4.69) is 5.10 Å². The molecule has 0 atom stereocenters. The van der Waals surface area contributed by atoms with Crippen LogP contribution in [-0.4, -0.2) is 24.0 Å². The molecular formula is C12H13FN2O2S. The molecule has 0 aliphatic heterocycles. The largest absolute Gasteiger partial charge is 0.276 e. The van der Waals surface area contributed by atoms with Crippen LogP contribution in [0.5, 0.6) is 0 Å². The van der Waals surface area contributed by atoms with Gasteiger partial charge in [-0.3, -0.25) is 4.68 Å². The number of halogens is 1. The van der Waals surface area contributed by atoms with E-state index in [9.17, 15) is 12.8 Å². The quantitative estimate of drug-likeness (QED) is 0.791. The van der Waals surface area contributed by atoms with E-state index in [1.165, 1.54) is 12.1 Å². The summed E-state index contributed by atoms with van der Waals surface area (Å²) in [7, 11) is -1.59. The second-order valence-corrected chi connectivity index (χ2v) is 6.15. The zero-order valence-corrected chi connectivity index (χ0v) is 10.7. The van der Waals surface area contributed by atoms with E-state index < -0.39 is 15.7 Å². The molecule has 6 heteroatoms. The topological polar surface area (TPSA) is 52.0 Å². The maximum atomic E-state index is 12.7. The number of nitrogens with zero attached hydrogens (tertiary/aromatic N) is 2. The molecule has 1 aromatic heterocycles. The number of aromatic nitrogens is 2. The summed E-state index contributed by atoms with van der Waals surface area (Å²) in [6, 6.07) is 4.87. The molecule has 0 amide bonds. The first-order valence-electron chi connectivity index (χ1n) is 5.43. The van der Waals surface area contributed by atoms with Gasteiger partial charge in [0.05, 0.1) is 16.8 Å². The van der Waals surface area contributed by atoms with Crippen molar-refractivity contribution in [3.8, 4) is 0 Å². The van der Waals surface area contributed by atoms with Crippen LogP contribution in [-0.2, 0) is 23.3 Å². The van der Waals surface area contributed by atoms with Crippen LogP contribution < -0.4 is 0 Å². The molecule has 1 aromatic carbocycles. The van der Waals surface area contributed by atoms with Crippen LogP contribution in [0.3, 0.4) is 0 Å². The Hall–Kier alpha value is -1.69. The number of benzene rings is 1. The van der Waals surface area contributed by atoms with Gasteiger partial charge in [-0.1, -0.05) is 0 Å². The molecule has 0 aliphatic rings. The number of rotatable bonds is 4. The van der Waals surface area contributed by atoms with E-state index >= 15 is 0 Å². The average molecular weight is 268 g/mol. The maximum absolute atomic E-state index is 12.7. The lowest BCUT2D eigenvalue weighted by molar-refractivity contribution is 0.594. The smallest absolute Gasteiger partial charge is 0.178 e.